The molecule has 0 N–H and O–H groups in total. The molecule has 0 radical (unpaired) electrons. The van der Waals surface area contributed by atoms with Crippen LogP contribution in [0.5, 0.6) is 0 Å². The van der Waals surface area contributed by atoms with Crippen molar-refractivity contribution in [3.8, 4) is 0 Å². The Balaban J connectivity index is 3.58. The van der Waals surface area contributed by atoms with Gasteiger partial charge in [0.2, 0.25) is 0 Å². The molecule has 0 saturated carbocycles. The third-order valence-electron chi connectivity index (χ3n) is 3.10. The lowest BCUT2D eigenvalue weighted by Crippen LogP contribution is -2.22. The second-order valence-electron chi connectivity index (χ2n) is 5.08. The van der Waals surface area contributed by atoms with Crippen LogP contribution in [0.1, 0.15) is 52.9 Å². The van der Waals surface area contributed by atoms with E-state index in [0.717, 1.165) is 25.7 Å². The number of carbonyl (C=O) groups is 1. The Morgan fingerprint density at radius 3 is 2.38 bits per heavy atom. The maximum Gasteiger partial charge on any atom is 0.305 e. The van der Waals surface area contributed by atoms with Gasteiger partial charge in [-0.3, -0.25) is 4.79 Å². The van der Waals surface area contributed by atoms with Gasteiger partial charge in [-0.25, -0.2) is 0 Å². The summed E-state index contributed by atoms with van der Waals surface area (Å²) < 4.78 is 9.98. The van der Waals surface area contributed by atoms with Crippen LogP contribution < -0.4 is 0 Å². The lowest BCUT2D eigenvalue weighted by molar-refractivity contribution is -0.140. The summed E-state index contributed by atoms with van der Waals surface area (Å²) in [4.78, 5) is 11.0. The Morgan fingerprint density at radius 1 is 1.25 bits per heavy atom. The van der Waals surface area contributed by atoms with Crippen molar-refractivity contribution in [3.63, 3.8) is 0 Å². The summed E-state index contributed by atoms with van der Waals surface area (Å²) in [7, 11) is 3.19. The van der Waals surface area contributed by atoms with Crippen molar-refractivity contribution < 1.29 is 14.3 Å². The average Bonchev–Trinajstić information content (AvgIpc) is 2.25. The molecule has 0 amide bonds. The summed E-state index contributed by atoms with van der Waals surface area (Å²) in [5.41, 5.74) is -0.0257. The Labute approximate surface area is 99.5 Å². The first kappa shape index (κ1) is 15.4. The highest BCUT2D eigenvalue weighted by atomic mass is 16.5. The van der Waals surface area contributed by atoms with E-state index in [2.05, 4.69) is 25.5 Å². The number of rotatable bonds is 8. The van der Waals surface area contributed by atoms with Crippen LogP contribution in [0.4, 0.5) is 0 Å². The molecule has 0 heterocycles. The molecule has 0 aromatic rings. The fraction of sp³-hybridized carbons (Fsp3) is 0.923. The molecule has 96 valence electrons. The standard InChI is InChI=1S/C13H26O3/c1-11(8-9-12(14)15-4)7-6-10-13(2,3)16-5/h11H,6-10H2,1-5H3. The number of esters is 1. The zero-order chi connectivity index (χ0) is 12.6. The van der Waals surface area contributed by atoms with Crippen LogP contribution in [0.3, 0.4) is 0 Å². The van der Waals surface area contributed by atoms with E-state index in [1.54, 1.807) is 7.11 Å². The predicted molar refractivity (Wildman–Crippen MR) is 65.4 cm³/mol. The van der Waals surface area contributed by atoms with E-state index in [1.165, 1.54) is 7.11 Å². The highest BCUT2D eigenvalue weighted by Gasteiger charge is 2.16. The third-order valence-corrected chi connectivity index (χ3v) is 3.10. The van der Waals surface area contributed by atoms with E-state index in [0.29, 0.717) is 12.3 Å². The van der Waals surface area contributed by atoms with Gasteiger partial charge in [0.1, 0.15) is 0 Å². The summed E-state index contributed by atoms with van der Waals surface area (Å²) in [5, 5.41) is 0. The fourth-order valence-corrected chi connectivity index (χ4v) is 1.59. The van der Waals surface area contributed by atoms with Crippen LogP contribution in [0.25, 0.3) is 0 Å². The zero-order valence-electron chi connectivity index (χ0n) is 11.3. The molecule has 0 aliphatic rings. The summed E-state index contributed by atoms with van der Waals surface area (Å²) in [5.74, 6) is 0.468. The maximum absolute atomic E-state index is 11.0. The largest absolute Gasteiger partial charge is 0.469 e. The van der Waals surface area contributed by atoms with Crippen LogP contribution in [-0.2, 0) is 14.3 Å². The summed E-state index contributed by atoms with van der Waals surface area (Å²) in [6.45, 7) is 6.39. The van der Waals surface area contributed by atoms with Gasteiger partial charge in [-0.15, -0.1) is 0 Å². The Hall–Kier alpha value is -0.570. The van der Waals surface area contributed by atoms with Gasteiger partial charge in [0.25, 0.3) is 0 Å². The van der Waals surface area contributed by atoms with E-state index in [1.807, 2.05) is 0 Å². The van der Waals surface area contributed by atoms with Crippen LogP contribution in [0, 0.1) is 5.92 Å². The molecule has 16 heavy (non-hydrogen) atoms. The van der Waals surface area contributed by atoms with Crippen molar-refractivity contribution >= 4 is 5.97 Å². The van der Waals surface area contributed by atoms with Gasteiger partial charge in [0.05, 0.1) is 12.7 Å². The summed E-state index contributed by atoms with van der Waals surface area (Å²) >= 11 is 0. The van der Waals surface area contributed by atoms with Gasteiger partial charge < -0.3 is 9.47 Å². The lowest BCUT2D eigenvalue weighted by atomic mass is 9.94. The molecule has 0 bridgehead atoms. The molecular formula is C13H26O3. The molecule has 0 aromatic heterocycles. The lowest BCUT2D eigenvalue weighted by Gasteiger charge is -2.23. The highest BCUT2D eigenvalue weighted by Crippen LogP contribution is 2.21. The zero-order valence-corrected chi connectivity index (χ0v) is 11.3. The minimum Gasteiger partial charge on any atom is -0.469 e. The van der Waals surface area contributed by atoms with Gasteiger partial charge in [-0.1, -0.05) is 19.8 Å². The number of hydrogen-bond donors (Lipinski definition) is 0. The molecule has 1 atom stereocenters. The van der Waals surface area contributed by atoms with Crippen molar-refractivity contribution in [3.05, 3.63) is 0 Å². The molecule has 0 aromatic carbocycles. The minimum absolute atomic E-state index is 0.0257. The van der Waals surface area contributed by atoms with E-state index in [9.17, 15) is 4.79 Å². The monoisotopic (exact) mass is 230 g/mol. The number of carbonyl (C=O) groups excluding carboxylic acids is 1. The molecule has 1 unspecified atom stereocenters. The molecule has 0 saturated heterocycles. The molecule has 3 heteroatoms. The van der Waals surface area contributed by atoms with Crippen molar-refractivity contribution in [1.29, 1.82) is 0 Å². The van der Waals surface area contributed by atoms with Crippen LogP contribution in [-0.4, -0.2) is 25.8 Å². The number of hydrogen-bond acceptors (Lipinski definition) is 3. The van der Waals surface area contributed by atoms with E-state index in [-0.39, 0.29) is 11.6 Å². The van der Waals surface area contributed by atoms with Crippen molar-refractivity contribution in [2.24, 2.45) is 5.92 Å². The third kappa shape index (κ3) is 7.69. The normalized spacial score (nSPS) is 13.6. The highest BCUT2D eigenvalue weighted by molar-refractivity contribution is 5.69. The van der Waals surface area contributed by atoms with Gasteiger partial charge >= 0.3 is 5.97 Å². The van der Waals surface area contributed by atoms with E-state index >= 15 is 0 Å². The first-order valence-electron chi connectivity index (χ1n) is 6.03. The fourth-order valence-electron chi connectivity index (χ4n) is 1.59. The molecule has 0 aliphatic carbocycles. The van der Waals surface area contributed by atoms with Gasteiger partial charge in [0, 0.05) is 13.5 Å². The SMILES string of the molecule is COC(=O)CCC(C)CCCC(C)(C)OC. The van der Waals surface area contributed by atoms with Gasteiger partial charge in [0.15, 0.2) is 0 Å². The molecule has 0 rings (SSSR count). The van der Waals surface area contributed by atoms with Crippen LogP contribution in [0.15, 0.2) is 0 Å². The summed E-state index contributed by atoms with van der Waals surface area (Å²) in [6.07, 6.45) is 4.80. The predicted octanol–water partition coefficient (Wildman–Crippen LogP) is 3.17. The molecule has 0 spiro atoms. The first-order valence-corrected chi connectivity index (χ1v) is 6.03. The van der Waals surface area contributed by atoms with Crippen molar-refractivity contribution in [2.45, 2.75) is 58.5 Å². The molecule has 0 fully saturated rings. The van der Waals surface area contributed by atoms with E-state index in [4.69, 9.17) is 4.74 Å². The van der Waals surface area contributed by atoms with Crippen LogP contribution in [0.2, 0.25) is 0 Å². The Morgan fingerprint density at radius 2 is 1.88 bits per heavy atom. The maximum atomic E-state index is 11.0. The molecule has 0 aliphatic heterocycles. The Kier molecular flexibility index (Phi) is 7.39. The summed E-state index contributed by atoms with van der Waals surface area (Å²) in [6, 6.07) is 0. The second kappa shape index (κ2) is 7.66. The van der Waals surface area contributed by atoms with Crippen molar-refractivity contribution in [1.82, 2.24) is 0 Å². The number of methoxy groups -OCH3 is 2. The molecular weight excluding hydrogens is 204 g/mol. The number of ether oxygens (including phenoxy) is 2. The van der Waals surface area contributed by atoms with Crippen LogP contribution >= 0.6 is 0 Å². The first-order chi connectivity index (χ1) is 7.41. The Bertz CT molecular complexity index is 199. The quantitative estimate of drug-likeness (QED) is 0.601. The van der Waals surface area contributed by atoms with Gasteiger partial charge in [-0.2, -0.15) is 0 Å². The molecule has 3 nitrogen and oxygen atoms in total. The van der Waals surface area contributed by atoms with E-state index < -0.39 is 0 Å². The second-order valence-corrected chi connectivity index (χ2v) is 5.08. The smallest absolute Gasteiger partial charge is 0.305 e. The van der Waals surface area contributed by atoms with Gasteiger partial charge in [-0.05, 0) is 32.6 Å². The minimum atomic E-state index is -0.107. The van der Waals surface area contributed by atoms with Crippen molar-refractivity contribution in [2.75, 3.05) is 14.2 Å². The topological polar surface area (TPSA) is 35.5 Å². The average molecular weight is 230 g/mol.